The van der Waals surface area contributed by atoms with Crippen molar-refractivity contribution in [2.24, 2.45) is 5.92 Å². The summed E-state index contributed by atoms with van der Waals surface area (Å²) >= 11 is 6.05. The number of piperidine rings is 1. The third-order valence-corrected chi connectivity index (χ3v) is 3.90. The molecule has 110 valence electrons. The van der Waals surface area contributed by atoms with Gasteiger partial charge in [0, 0.05) is 18.8 Å². The topological polar surface area (TPSA) is 41.6 Å². The third kappa shape index (κ3) is 3.79. The van der Waals surface area contributed by atoms with Crippen LogP contribution in [-0.4, -0.2) is 37.6 Å². The van der Waals surface area contributed by atoms with Gasteiger partial charge in [-0.15, -0.1) is 0 Å². The van der Waals surface area contributed by atoms with Gasteiger partial charge in [0.15, 0.2) is 0 Å². The molecule has 1 fully saturated rings. The van der Waals surface area contributed by atoms with Crippen molar-refractivity contribution >= 4 is 23.2 Å². The average Bonchev–Trinajstić information content (AvgIpc) is 2.45. The first-order valence-corrected chi connectivity index (χ1v) is 7.33. The summed E-state index contributed by atoms with van der Waals surface area (Å²) in [6.45, 7) is 4.23. The van der Waals surface area contributed by atoms with Crippen LogP contribution in [0.25, 0.3) is 0 Å². The highest BCUT2D eigenvalue weighted by molar-refractivity contribution is 6.32. The number of methoxy groups -OCH3 is 1. The van der Waals surface area contributed by atoms with Gasteiger partial charge in [-0.1, -0.05) is 18.5 Å². The Morgan fingerprint density at radius 1 is 1.55 bits per heavy atom. The van der Waals surface area contributed by atoms with Crippen molar-refractivity contribution in [2.45, 2.75) is 19.8 Å². The molecule has 1 amide bonds. The molecule has 0 aromatic heterocycles. The second kappa shape index (κ2) is 6.84. The van der Waals surface area contributed by atoms with Crippen molar-refractivity contribution in [3.8, 4) is 5.75 Å². The van der Waals surface area contributed by atoms with Crippen LogP contribution < -0.4 is 10.1 Å². The Bertz CT molecular complexity index is 479. The Morgan fingerprint density at radius 3 is 3.00 bits per heavy atom. The molecule has 2 rings (SSSR count). The number of rotatable bonds is 4. The fourth-order valence-corrected chi connectivity index (χ4v) is 2.74. The molecular weight excluding hydrogens is 276 g/mol. The summed E-state index contributed by atoms with van der Waals surface area (Å²) in [5.41, 5.74) is 0.828. The highest BCUT2D eigenvalue weighted by Gasteiger charge is 2.20. The van der Waals surface area contributed by atoms with Crippen molar-refractivity contribution in [3.63, 3.8) is 0 Å². The van der Waals surface area contributed by atoms with E-state index in [1.807, 2.05) is 11.0 Å². The van der Waals surface area contributed by atoms with Crippen LogP contribution in [0.4, 0.5) is 5.69 Å². The van der Waals surface area contributed by atoms with Gasteiger partial charge in [-0.2, -0.15) is 0 Å². The number of ether oxygens (including phenoxy) is 1. The van der Waals surface area contributed by atoms with Gasteiger partial charge in [0.25, 0.3) is 0 Å². The lowest BCUT2D eigenvalue weighted by atomic mass is 10.0. The van der Waals surface area contributed by atoms with Crippen LogP contribution >= 0.6 is 11.6 Å². The predicted octanol–water partition coefficient (Wildman–Crippen LogP) is 3.02. The molecule has 1 saturated heterocycles. The maximum Gasteiger partial charge on any atom is 0.241 e. The molecule has 20 heavy (non-hydrogen) atoms. The lowest BCUT2D eigenvalue weighted by Crippen LogP contribution is -2.41. The van der Waals surface area contributed by atoms with Crippen molar-refractivity contribution in [2.75, 3.05) is 32.1 Å². The van der Waals surface area contributed by atoms with Crippen LogP contribution in [0.2, 0.25) is 5.02 Å². The van der Waals surface area contributed by atoms with Gasteiger partial charge in [-0.3, -0.25) is 4.79 Å². The molecule has 5 heteroatoms. The standard InChI is InChI=1S/C15H21ClN2O2/c1-11-4-3-7-18(10-11)15(19)9-17-12-5-6-14(20-2)13(16)8-12/h5-6,8,11,17H,3-4,7,9-10H2,1-2H3. The SMILES string of the molecule is COc1ccc(NCC(=O)N2CCCC(C)C2)cc1Cl. The summed E-state index contributed by atoms with van der Waals surface area (Å²) in [7, 11) is 1.58. The first-order valence-electron chi connectivity index (χ1n) is 6.95. The van der Waals surface area contributed by atoms with Gasteiger partial charge < -0.3 is 15.0 Å². The molecule has 1 aliphatic heterocycles. The Balaban J connectivity index is 1.88. The number of nitrogens with zero attached hydrogens (tertiary/aromatic N) is 1. The molecule has 1 aromatic carbocycles. The van der Waals surface area contributed by atoms with Crippen molar-refractivity contribution in [3.05, 3.63) is 23.2 Å². The number of carbonyl (C=O) groups excluding carboxylic acids is 1. The maximum atomic E-state index is 12.1. The van der Waals surface area contributed by atoms with E-state index < -0.39 is 0 Å². The van der Waals surface area contributed by atoms with Gasteiger partial charge in [0.1, 0.15) is 5.75 Å². The summed E-state index contributed by atoms with van der Waals surface area (Å²) in [5, 5.41) is 3.66. The summed E-state index contributed by atoms with van der Waals surface area (Å²) in [5.74, 6) is 1.38. The maximum absolute atomic E-state index is 12.1. The van der Waals surface area contributed by atoms with E-state index in [-0.39, 0.29) is 5.91 Å². The molecule has 1 aliphatic rings. The van der Waals surface area contributed by atoms with E-state index in [0.717, 1.165) is 25.2 Å². The minimum atomic E-state index is 0.142. The number of hydrogen-bond acceptors (Lipinski definition) is 3. The molecule has 1 N–H and O–H groups in total. The fourth-order valence-electron chi connectivity index (χ4n) is 2.48. The number of amides is 1. The van der Waals surface area contributed by atoms with E-state index in [0.29, 0.717) is 23.2 Å². The van der Waals surface area contributed by atoms with Crippen molar-refractivity contribution in [1.29, 1.82) is 0 Å². The number of nitrogens with one attached hydrogen (secondary N) is 1. The zero-order valence-corrected chi connectivity index (χ0v) is 12.7. The number of likely N-dealkylation sites (tertiary alicyclic amines) is 1. The Kier molecular flexibility index (Phi) is 5.12. The van der Waals surface area contributed by atoms with Gasteiger partial charge in [-0.25, -0.2) is 0 Å². The normalized spacial score (nSPS) is 18.8. The van der Waals surface area contributed by atoms with E-state index in [1.165, 1.54) is 6.42 Å². The lowest BCUT2D eigenvalue weighted by Gasteiger charge is -2.31. The summed E-state index contributed by atoms with van der Waals surface area (Å²) < 4.78 is 5.10. The highest BCUT2D eigenvalue weighted by Crippen LogP contribution is 2.27. The van der Waals surface area contributed by atoms with Crippen LogP contribution in [0.3, 0.4) is 0 Å². The number of anilines is 1. The van der Waals surface area contributed by atoms with Gasteiger partial charge in [-0.05, 0) is 37.0 Å². The fraction of sp³-hybridized carbons (Fsp3) is 0.533. The largest absolute Gasteiger partial charge is 0.495 e. The highest BCUT2D eigenvalue weighted by atomic mass is 35.5. The van der Waals surface area contributed by atoms with Crippen LogP contribution in [-0.2, 0) is 4.79 Å². The van der Waals surface area contributed by atoms with Gasteiger partial charge in [0.2, 0.25) is 5.91 Å². The molecule has 0 radical (unpaired) electrons. The van der Waals surface area contributed by atoms with Crippen LogP contribution in [0, 0.1) is 5.92 Å². The Labute approximate surface area is 125 Å². The molecule has 1 heterocycles. The molecule has 0 spiro atoms. The minimum absolute atomic E-state index is 0.142. The van der Waals surface area contributed by atoms with Crippen molar-refractivity contribution < 1.29 is 9.53 Å². The second-order valence-electron chi connectivity index (χ2n) is 5.29. The van der Waals surface area contributed by atoms with Gasteiger partial charge in [0.05, 0.1) is 18.7 Å². The summed E-state index contributed by atoms with van der Waals surface area (Å²) in [6, 6.07) is 5.42. The van der Waals surface area contributed by atoms with Crippen LogP contribution in [0.15, 0.2) is 18.2 Å². The number of halogens is 1. The number of benzene rings is 1. The van der Waals surface area contributed by atoms with Crippen LogP contribution in [0.5, 0.6) is 5.75 Å². The zero-order chi connectivity index (χ0) is 14.5. The molecule has 0 bridgehead atoms. The minimum Gasteiger partial charge on any atom is -0.495 e. The molecule has 1 aromatic rings. The van der Waals surface area contributed by atoms with E-state index in [4.69, 9.17) is 16.3 Å². The molecule has 0 saturated carbocycles. The lowest BCUT2D eigenvalue weighted by molar-refractivity contribution is -0.130. The van der Waals surface area contributed by atoms with E-state index in [9.17, 15) is 4.79 Å². The molecule has 4 nitrogen and oxygen atoms in total. The average molecular weight is 297 g/mol. The molecule has 0 aliphatic carbocycles. The number of hydrogen-bond donors (Lipinski definition) is 1. The summed E-state index contributed by atoms with van der Waals surface area (Å²) in [4.78, 5) is 14.1. The number of carbonyl (C=O) groups is 1. The first kappa shape index (κ1) is 15.0. The van der Waals surface area contributed by atoms with E-state index in [1.54, 1.807) is 19.2 Å². The third-order valence-electron chi connectivity index (χ3n) is 3.61. The quantitative estimate of drug-likeness (QED) is 0.928. The van der Waals surface area contributed by atoms with Crippen molar-refractivity contribution in [1.82, 2.24) is 4.90 Å². The monoisotopic (exact) mass is 296 g/mol. The molecule has 1 unspecified atom stereocenters. The molecular formula is C15H21ClN2O2. The second-order valence-corrected chi connectivity index (χ2v) is 5.70. The molecule has 1 atom stereocenters. The zero-order valence-electron chi connectivity index (χ0n) is 12.0. The predicted molar refractivity (Wildman–Crippen MR) is 81.5 cm³/mol. The van der Waals surface area contributed by atoms with Crippen LogP contribution in [0.1, 0.15) is 19.8 Å². The van der Waals surface area contributed by atoms with E-state index >= 15 is 0 Å². The van der Waals surface area contributed by atoms with E-state index in [2.05, 4.69) is 12.2 Å². The Morgan fingerprint density at radius 2 is 2.35 bits per heavy atom. The summed E-state index contributed by atoms with van der Waals surface area (Å²) in [6.07, 6.45) is 2.31. The first-order chi connectivity index (χ1) is 9.60. The van der Waals surface area contributed by atoms with Gasteiger partial charge >= 0.3 is 0 Å². The Hall–Kier alpha value is -1.42. The smallest absolute Gasteiger partial charge is 0.241 e.